The molecule has 0 aromatic carbocycles. The number of carboxylic acid groups (broad SMARTS) is 1. The number of hydrogen-bond donors (Lipinski definition) is 2. The second kappa shape index (κ2) is 11.4. The fraction of sp³-hybridized carbons (Fsp3) is 0.645. The Balaban J connectivity index is 0.000000468. The molecule has 2 fully saturated rings. The standard InChI is InChI=1S/C26H39N3O.C5H8O2/c1-17-20(24(27)30)15-21(29(17)16-18-11-9-8-10-12-18)19-13-22(25(2,3)4)28-23(14-19)26(5,6)7;6-5(7)4-2-1-3-4/h13-15,18H,8-12,16H2,1-7H3,(H2,27,30);4H,1-3H2,(H,6,7). The van der Waals surface area contributed by atoms with Gasteiger partial charge in [0.2, 0.25) is 0 Å². The molecule has 0 radical (unpaired) electrons. The summed E-state index contributed by atoms with van der Waals surface area (Å²) in [5, 5.41) is 8.23. The van der Waals surface area contributed by atoms with Crippen LogP contribution in [-0.4, -0.2) is 26.5 Å². The monoisotopic (exact) mass is 509 g/mol. The molecule has 2 saturated carbocycles. The molecule has 37 heavy (non-hydrogen) atoms. The third kappa shape index (κ3) is 7.24. The van der Waals surface area contributed by atoms with Crippen molar-refractivity contribution in [2.24, 2.45) is 17.6 Å². The van der Waals surface area contributed by atoms with Gasteiger partial charge < -0.3 is 15.4 Å². The molecule has 2 heterocycles. The van der Waals surface area contributed by atoms with Crippen molar-refractivity contribution in [1.29, 1.82) is 0 Å². The van der Waals surface area contributed by atoms with Crippen LogP contribution >= 0.6 is 0 Å². The van der Waals surface area contributed by atoms with Crippen LogP contribution in [0.25, 0.3) is 11.3 Å². The fourth-order valence-electron chi connectivity index (χ4n) is 5.10. The molecule has 2 aliphatic rings. The topological polar surface area (TPSA) is 98.2 Å². The van der Waals surface area contributed by atoms with Crippen molar-refractivity contribution in [1.82, 2.24) is 9.55 Å². The summed E-state index contributed by atoms with van der Waals surface area (Å²) < 4.78 is 2.34. The summed E-state index contributed by atoms with van der Waals surface area (Å²) in [6, 6.07) is 6.40. The van der Waals surface area contributed by atoms with Crippen molar-refractivity contribution >= 4 is 11.9 Å². The first-order valence-electron chi connectivity index (χ1n) is 13.9. The molecule has 3 N–H and O–H groups in total. The van der Waals surface area contributed by atoms with Crippen LogP contribution in [0.2, 0.25) is 0 Å². The molecule has 2 aromatic heterocycles. The van der Waals surface area contributed by atoms with Gasteiger partial charge in [0, 0.05) is 45.7 Å². The molecule has 4 rings (SSSR count). The molecule has 204 valence electrons. The Bertz CT molecular complexity index is 1080. The average molecular weight is 510 g/mol. The Kier molecular flexibility index (Phi) is 8.92. The molecule has 0 saturated heterocycles. The number of primary amides is 1. The lowest BCUT2D eigenvalue weighted by Crippen LogP contribution is -2.20. The van der Waals surface area contributed by atoms with Crippen LogP contribution in [0.4, 0.5) is 0 Å². The average Bonchev–Trinajstić information content (AvgIpc) is 3.08. The number of carbonyl (C=O) groups excluding carboxylic acids is 1. The number of nitrogens with zero attached hydrogens (tertiary/aromatic N) is 2. The number of carbonyl (C=O) groups is 2. The van der Waals surface area contributed by atoms with E-state index < -0.39 is 5.97 Å². The maximum absolute atomic E-state index is 12.2. The highest BCUT2D eigenvalue weighted by Gasteiger charge is 2.26. The largest absolute Gasteiger partial charge is 0.481 e. The van der Waals surface area contributed by atoms with Crippen LogP contribution in [0.5, 0.6) is 0 Å². The van der Waals surface area contributed by atoms with Gasteiger partial charge in [-0.1, -0.05) is 67.2 Å². The molecule has 0 spiro atoms. The molecular weight excluding hydrogens is 462 g/mol. The number of aromatic nitrogens is 2. The predicted molar refractivity (Wildman–Crippen MR) is 150 cm³/mol. The molecule has 0 unspecified atom stereocenters. The first-order chi connectivity index (χ1) is 17.2. The summed E-state index contributed by atoms with van der Waals surface area (Å²) in [6.45, 7) is 16.2. The lowest BCUT2D eigenvalue weighted by molar-refractivity contribution is -0.144. The van der Waals surface area contributed by atoms with Gasteiger partial charge in [-0.3, -0.25) is 14.6 Å². The van der Waals surface area contributed by atoms with Crippen LogP contribution in [0.1, 0.15) is 120 Å². The van der Waals surface area contributed by atoms with E-state index >= 15 is 0 Å². The van der Waals surface area contributed by atoms with Crippen LogP contribution in [-0.2, 0) is 22.2 Å². The second-order valence-electron chi connectivity index (χ2n) is 13.1. The zero-order chi connectivity index (χ0) is 27.5. The molecule has 6 heteroatoms. The van der Waals surface area contributed by atoms with Gasteiger partial charge in [-0.25, -0.2) is 0 Å². The lowest BCUT2D eigenvalue weighted by Gasteiger charge is -2.26. The highest BCUT2D eigenvalue weighted by atomic mass is 16.4. The van der Waals surface area contributed by atoms with Gasteiger partial charge in [0.05, 0.1) is 11.5 Å². The summed E-state index contributed by atoms with van der Waals surface area (Å²) in [5.41, 5.74) is 11.6. The highest BCUT2D eigenvalue weighted by Crippen LogP contribution is 2.35. The third-order valence-corrected chi connectivity index (χ3v) is 7.91. The number of pyridine rings is 1. The minimum absolute atomic E-state index is 0.000000000000000444. The minimum Gasteiger partial charge on any atom is -0.481 e. The summed E-state index contributed by atoms with van der Waals surface area (Å²) in [5.74, 6) is -0.307. The van der Waals surface area contributed by atoms with Gasteiger partial charge in [0.25, 0.3) is 5.91 Å². The third-order valence-electron chi connectivity index (χ3n) is 7.91. The van der Waals surface area contributed by atoms with Crippen LogP contribution in [0.3, 0.4) is 0 Å². The number of carboxylic acids is 1. The smallest absolute Gasteiger partial charge is 0.306 e. The molecule has 0 aliphatic heterocycles. The normalized spacial score (nSPS) is 17.1. The number of aliphatic carboxylic acids is 1. The van der Waals surface area contributed by atoms with Crippen molar-refractivity contribution in [3.63, 3.8) is 0 Å². The molecule has 2 aromatic rings. The molecule has 2 aliphatic carbocycles. The first kappa shape index (κ1) is 28.9. The van der Waals surface area contributed by atoms with Gasteiger partial charge in [0.1, 0.15) is 0 Å². The van der Waals surface area contributed by atoms with Gasteiger partial charge in [-0.05, 0) is 56.7 Å². The summed E-state index contributed by atoms with van der Waals surface area (Å²) >= 11 is 0. The quantitative estimate of drug-likeness (QED) is 0.453. The summed E-state index contributed by atoms with van der Waals surface area (Å²) in [4.78, 5) is 27.2. The van der Waals surface area contributed by atoms with Crippen LogP contribution in [0.15, 0.2) is 18.2 Å². The van der Waals surface area contributed by atoms with Crippen molar-refractivity contribution in [2.75, 3.05) is 0 Å². The van der Waals surface area contributed by atoms with Gasteiger partial charge >= 0.3 is 5.97 Å². The van der Waals surface area contributed by atoms with E-state index in [-0.39, 0.29) is 22.7 Å². The highest BCUT2D eigenvalue weighted by molar-refractivity contribution is 5.95. The summed E-state index contributed by atoms with van der Waals surface area (Å²) in [7, 11) is 0. The van der Waals surface area contributed by atoms with Crippen molar-refractivity contribution in [2.45, 2.75) is 117 Å². The van der Waals surface area contributed by atoms with Gasteiger partial charge in [0.15, 0.2) is 0 Å². The Morgan fingerprint density at radius 3 is 1.84 bits per heavy atom. The molecule has 0 atom stereocenters. The zero-order valence-corrected chi connectivity index (χ0v) is 24.0. The maximum atomic E-state index is 12.2. The Morgan fingerprint density at radius 1 is 0.919 bits per heavy atom. The SMILES string of the molecule is Cc1c(C(N)=O)cc(-c2cc(C(C)(C)C)nc(C(C)(C)C)c2)n1CC1CCCCC1.O=C(O)C1CCC1. The van der Waals surface area contributed by atoms with E-state index in [1.165, 1.54) is 32.1 Å². The Hall–Kier alpha value is -2.63. The van der Waals surface area contributed by atoms with Gasteiger partial charge in [-0.2, -0.15) is 0 Å². The predicted octanol–water partition coefficient (Wildman–Crippen LogP) is 7.00. The maximum Gasteiger partial charge on any atom is 0.306 e. The van der Waals surface area contributed by atoms with E-state index in [4.69, 9.17) is 15.8 Å². The second-order valence-corrected chi connectivity index (χ2v) is 13.1. The first-order valence-corrected chi connectivity index (χ1v) is 13.9. The number of nitrogens with two attached hydrogens (primary N) is 1. The molecular formula is C31H47N3O3. The van der Waals surface area contributed by atoms with Crippen molar-refractivity contribution < 1.29 is 14.7 Å². The number of hydrogen-bond acceptors (Lipinski definition) is 3. The Morgan fingerprint density at radius 2 is 1.46 bits per heavy atom. The zero-order valence-electron chi connectivity index (χ0n) is 24.0. The van der Waals surface area contributed by atoms with E-state index in [2.05, 4.69) is 58.2 Å². The minimum atomic E-state index is -0.619. The van der Waals surface area contributed by atoms with Crippen LogP contribution < -0.4 is 5.73 Å². The lowest BCUT2D eigenvalue weighted by atomic mass is 9.86. The van der Waals surface area contributed by atoms with E-state index in [1.807, 2.05) is 13.0 Å². The Labute approximate surface area is 223 Å². The van der Waals surface area contributed by atoms with E-state index in [1.54, 1.807) is 0 Å². The fourth-order valence-corrected chi connectivity index (χ4v) is 5.10. The number of rotatable bonds is 5. The van der Waals surface area contributed by atoms with Crippen molar-refractivity contribution in [3.8, 4) is 11.3 Å². The van der Waals surface area contributed by atoms with Crippen LogP contribution in [0, 0.1) is 18.8 Å². The van der Waals surface area contributed by atoms with Crippen molar-refractivity contribution in [3.05, 3.63) is 40.8 Å². The van der Waals surface area contributed by atoms with E-state index in [0.717, 1.165) is 54.1 Å². The number of amides is 1. The van der Waals surface area contributed by atoms with E-state index in [9.17, 15) is 9.59 Å². The summed E-state index contributed by atoms with van der Waals surface area (Å²) in [6.07, 6.45) is 9.39. The molecule has 6 nitrogen and oxygen atoms in total. The molecule has 1 amide bonds. The molecule has 0 bridgehead atoms. The van der Waals surface area contributed by atoms with E-state index in [0.29, 0.717) is 11.5 Å². The van der Waals surface area contributed by atoms with Gasteiger partial charge in [-0.15, -0.1) is 0 Å².